The quantitative estimate of drug-likeness (QED) is 0.186. The largest absolute Gasteiger partial charge is 0.392 e. The molecule has 4 aliphatic carbocycles. The van der Waals surface area contributed by atoms with Crippen LogP contribution in [0.4, 0.5) is 4.79 Å². The summed E-state index contributed by atoms with van der Waals surface area (Å²) in [6.45, 7) is 8.44. The third-order valence-electron chi connectivity index (χ3n) is 14.0. The first-order valence-electron chi connectivity index (χ1n) is 21.1. The topological polar surface area (TPSA) is 86.3 Å². The molecule has 8 nitrogen and oxygen atoms in total. The van der Waals surface area contributed by atoms with Crippen molar-refractivity contribution in [2.24, 2.45) is 23.7 Å². The molecule has 4 bridgehead atoms. The van der Waals surface area contributed by atoms with Gasteiger partial charge in [-0.2, -0.15) is 0 Å². The maximum atomic E-state index is 13.2. The Bertz CT molecular complexity index is 1720. The lowest BCUT2D eigenvalue weighted by Crippen LogP contribution is -2.61. The predicted octanol–water partition coefficient (Wildman–Crippen LogP) is 7.97. The summed E-state index contributed by atoms with van der Waals surface area (Å²) in [7, 11) is 0. The van der Waals surface area contributed by atoms with Crippen LogP contribution in [0.5, 0.6) is 0 Å². The molecule has 288 valence electrons. The molecule has 5 atom stereocenters. The maximum absolute atomic E-state index is 13.2. The van der Waals surface area contributed by atoms with Gasteiger partial charge in [0.1, 0.15) is 0 Å². The maximum Gasteiger partial charge on any atom is 0.315 e. The molecular formula is C46H60N4O4. The van der Waals surface area contributed by atoms with Crippen LogP contribution in [0, 0.1) is 23.7 Å². The Hall–Kier alpha value is -3.27. The second-order valence-electron chi connectivity index (χ2n) is 18.0. The number of nitrogens with one attached hydrogen (secondary N) is 2. The molecule has 0 aromatic heterocycles. The van der Waals surface area contributed by atoms with Gasteiger partial charge in [-0.05, 0) is 142 Å². The van der Waals surface area contributed by atoms with Crippen LogP contribution in [-0.2, 0) is 22.6 Å². The fourth-order valence-electron chi connectivity index (χ4n) is 11.6. The predicted molar refractivity (Wildman–Crippen MR) is 211 cm³/mol. The van der Waals surface area contributed by atoms with Crippen molar-refractivity contribution < 1.29 is 19.4 Å². The van der Waals surface area contributed by atoms with Crippen molar-refractivity contribution >= 4 is 6.03 Å². The molecule has 3 aromatic rings. The first-order chi connectivity index (χ1) is 26.4. The minimum Gasteiger partial charge on any atom is -0.392 e. The zero-order chi connectivity index (χ0) is 36.6. The number of ether oxygens (including phenoxy) is 2. The van der Waals surface area contributed by atoms with Gasteiger partial charge >= 0.3 is 6.03 Å². The van der Waals surface area contributed by atoms with E-state index in [9.17, 15) is 9.90 Å². The van der Waals surface area contributed by atoms with Crippen molar-refractivity contribution in [3.8, 4) is 11.1 Å². The number of hydrogen-bond donors (Lipinski definition) is 3. The van der Waals surface area contributed by atoms with Crippen LogP contribution in [-0.4, -0.2) is 71.3 Å². The Labute approximate surface area is 322 Å². The minimum atomic E-state index is -0.508. The van der Waals surface area contributed by atoms with E-state index in [2.05, 4.69) is 88.0 Å². The molecule has 0 unspecified atom stereocenters. The number of rotatable bonds is 11. The van der Waals surface area contributed by atoms with E-state index < -0.39 is 6.29 Å². The molecule has 2 amide bonds. The number of aliphatic hydroxyl groups excluding tert-OH is 1. The number of amides is 2. The Balaban J connectivity index is 0.898. The van der Waals surface area contributed by atoms with E-state index in [0.29, 0.717) is 12.6 Å². The molecule has 4 saturated carbocycles. The molecule has 0 radical (unpaired) electrons. The summed E-state index contributed by atoms with van der Waals surface area (Å²) >= 11 is 0. The molecule has 54 heavy (non-hydrogen) atoms. The van der Waals surface area contributed by atoms with E-state index in [1.807, 2.05) is 12.1 Å². The average molecular weight is 733 g/mol. The van der Waals surface area contributed by atoms with Gasteiger partial charge in [-0.25, -0.2) is 4.79 Å². The summed E-state index contributed by atoms with van der Waals surface area (Å²) < 4.78 is 13.9. The van der Waals surface area contributed by atoms with Crippen molar-refractivity contribution in [3.05, 3.63) is 95.1 Å². The highest BCUT2D eigenvalue weighted by Crippen LogP contribution is 2.55. The van der Waals surface area contributed by atoms with Gasteiger partial charge in [-0.15, -0.1) is 0 Å². The first-order valence-corrected chi connectivity index (χ1v) is 21.1. The lowest BCUT2D eigenvalue weighted by molar-refractivity contribution is -0.276. The van der Waals surface area contributed by atoms with Crippen LogP contribution in [0.3, 0.4) is 0 Å². The summed E-state index contributed by atoms with van der Waals surface area (Å²) in [5.41, 5.74) is 6.33. The molecular weight excluding hydrogens is 673 g/mol. The molecule has 3 heterocycles. The number of aliphatic hydroxyl groups is 1. The number of hydrogen-bond acceptors (Lipinski definition) is 6. The second kappa shape index (κ2) is 15.7. The highest BCUT2D eigenvalue weighted by molar-refractivity contribution is 5.75. The van der Waals surface area contributed by atoms with Gasteiger partial charge in [0.15, 0.2) is 6.29 Å². The molecule has 7 aliphatic rings. The third kappa shape index (κ3) is 7.88. The van der Waals surface area contributed by atoms with Gasteiger partial charge < -0.3 is 30.1 Å². The molecule has 0 spiro atoms. The first kappa shape index (κ1) is 36.4. The van der Waals surface area contributed by atoms with E-state index in [4.69, 9.17) is 9.47 Å². The van der Waals surface area contributed by atoms with E-state index >= 15 is 0 Å². The Morgan fingerprint density at radius 1 is 0.796 bits per heavy atom. The summed E-state index contributed by atoms with van der Waals surface area (Å²) in [6, 6.07) is 25.9. The number of likely N-dealkylation sites (tertiary alicyclic amines) is 2. The van der Waals surface area contributed by atoms with Crippen molar-refractivity contribution in [2.45, 2.75) is 114 Å². The number of carbonyl (C=O) groups is 1. The van der Waals surface area contributed by atoms with Gasteiger partial charge in [0.05, 0.1) is 18.8 Å². The highest BCUT2D eigenvalue weighted by Gasteiger charge is 2.51. The molecule has 3 saturated heterocycles. The molecule has 7 fully saturated rings. The fraction of sp³-hybridized carbons (Fsp3) is 0.587. The van der Waals surface area contributed by atoms with E-state index in [1.165, 1.54) is 58.0 Å². The summed E-state index contributed by atoms with van der Waals surface area (Å²) in [6.07, 6.45) is 12.1. The van der Waals surface area contributed by atoms with Gasteiger partial charge in [0, 0.05) is 42.7 Å². The lowest BCUT2D eigenvalue weighted by Gasteiger charge is -2.56. The Kier molecular flexibility index (Phi) is 10.6. The number of carbonyl (C=O) groups excluding carboxylic acids is 1. The van der Waals surface area contributed by atoms with Gasteiger partial charge in [-0.3, -0.25) is 4.90 Å². The smallest absolute Gasteiger partial charge is 0.315 e. The van der Waals surface area contributed by atoms with Gasteiger partial charge in [0.2, 0.25) is 0 Å². The Morgan fingerprint density at radius 3 is 2.22 bits per heavy atom. The van der Waals surface area contributed by atoms with Crippen molar-refractivity contribution in [3.63, 3.8) is 0 Å². The number of nitrogens with zero attached hydrogens (tertiary/aromatic N) is 2. The molecule has 8 heteroatoms. The van der Waals surface area contributed by atoms with Crippen LogP contribution in [0.1, 0.15) is 106 Å². The minimum absolute atomic E-state index is 0.00680. The van der Waals surface area contributed by atoms with Gasteiger partial charge in [-0.1, -0.05) is 67.6 Å². The van der Waals surface area contributed by atoms with E-state index in [0.717, 1.165) is 90.0 Å². The molecule has 3 aromatic carbocycles. The average Bonchev–Trinajstić information content (AvgIpc) is 3.87. The van der Waals surface area contributed by atoms with Crippen LogP contribution in [0.2, 0.25) is 0 Å². The summed E-state index contributed by atoms with van der Waals surface area (Å²) in [5, 5.41) is 16.4. The van der Waals surface area contributed by atoms with Crippen LogP contribution in [0.15, 0.2) is 72.8 Å². The van der Waals surface area contributed by atoms with Crippen LogP contribution < -0.4 is 10.6 Å². The summed E-state index contributed by atoms with van der Waals surface area (Å²) in [5.74, 6) is 2.55. The van der Waals surface area contributed by atoms with Gasteiger partial charge in [0.25, 0.3) is 0 Å². The summed E-state index contributed by atoms with van der Waals surface area (Å²) in [4.78, 5) is 18.6. The normalized spacial score (nSPS) is 33.7. The monoisotopic (exact) mass is 732 g/mol. The third-order valence-corrected chi connectivity index (χ3v) is 14.0. The second-order valence-corrected chi connectivity index (χ2v) is 18.0. The van der Waals surface area contributed by atoms with E-state index in [-0.39, 0.29) is 36.3 Å². The van der Waals surface area contributed by atoms with Crippen molar-refractivity contribution in [1.29, 1.82) is 0 Å². The fourth-order valence-corrected chi connectivity index (χ4v) is 11.6. The molecule has 10 rings (SSSR count). The zero-order valence-corrected chi connectivity index (χ0v) is 32.1. The van der Waals surface area contributed by atoms with Crippen molar-refractivity contribution in [2.75, 3.05) is 32.7 Å². The lowest BCUT2D eigenvalue weighted by atomic mass is 9.53. The zero-order valence-electron chi connectivity index (χ0n) is 32.1. The number of benzene rings is 3. The highest BCUT2D eigenvalue weighted by atomic mass is 16.7. The SMILES string of the molecule is C[C@H]1[C@@H](CN2CCC[C@H]2CN2CCCC2)O[C@@H](c2cccc(-c3cccc(CNC(=O)NC45CC6CC(CC(C6)C4)C5)c3)c2)O[C@H]1c1ccc(CO)cc1. The van der Waals surface area contributed by atoms with E-state index in [1.54, 1.807) is 0 Å². The number of urea groups is 1. The van der Waals surface area contributed by atoms with Crippen molar-refractivity contribution in [1.82, 2.24) is 20.4 Å². The Morgan fingerprint density at radius 2 is 1.50 bits per heavy atom. The van der Waals surface area contributed by atoms with Crippen LogP contribution >= 0.6 is 0 Å². The standard InChI is InChI=1S/C46H60N4O4/c1-31-42(29-50-18-6-11-41(50)28-49-16-2-3-17-49)53-44(54-43(31)37-14-12-32(30-51)13-15-37)40-10-5-9-39(23-40)38-8-4-7-33(22-38)27-47-45(52)48-46-24-34-19-35(25-46)21-36(20-34)26-46/h4-5,7-10,12-15,22-23,31,34-36,41-44,51H,2-3,6,11,16-21,24-30H2,1H3,(H2,47,48,52)/t31-,34?,35?,36?,41-,42+,43+,44+,46?/m0/s1. The molecule has 3 aliphatic heterocycles. The van der Waals surface area contributed by atoms with Crippen LogP contribution in [0.25, 0.3) is 11.1 Å². The molecule has 3 N–H and O–H groups in total.